The maximum absolute atomic E-state index is 13.0. The lowest BCUT2D eigenvalue weighted by Gasteiger charge is -2.29. The topological polar surface area (TPSA) is 62.6 Å². The van der Waals surface area contributed by atoms with E-state index in [-0.39, 0.29) is 35.6 Å². The first-order valence-corrected chi connectivity index (χ1v) is 11.0. The number of furan rings is 1. The van der Waals surface area contributed by atoms with E-state index in [2.05, 4.69) is 5.32 Å². The van der Waals surface area contributed by atoms with Crippen LogP contribution in [0.5, 0.6) is 0 Å². The van der Waals surface area contributed by atoms with Gasteiger partial charge in [-0.3, -0.25) is 9.59 Å². The Morgan fingerprint density at radius 3 is 2.37 bits per heavy atom. The summed E-state index contributed by atoms with van der Waals surface area (Å²) in [5, 5.41) is 3.43. The van der Waals surface area contributed by atoms with E-state index < -0.39 is 0 Å². The number of hydrogen-bond donors (Lipinski definition) is 1. The molecule has 1 fully saturated rings. The maximum Gasteiger partial charge on any atom is 0.287 e. The Kier molecular flexibility index (Phi) is 6.91. The highest BCUT2D eigenvalue weighted by atomic mass is 35.5. The Labute approximate surface area is 183 Å². The van der Waals surface area contributed by atoms with Gasteiger partial charge in [0.15, 0.2) is 5.76 Å². The summed E-state index contributed by atoms with van der Waals surface area (Å²) in [6.45, 7) is 8.42. The summed E-state index contributed by atoms with van der Waals surface area (Å²) < 4.78 is 5.79. The van der Waals surface area contributed by atoms with Crippen LogP contribution in [-0.4, -0.2) is 29.3 Å². The molecule has 162 valence electrons. The van der Waals surface area contributed by atoms with Gasteiger partial charge in [-0.25, -0.2) is 0 Å². The summed E-state index contributed by atoms with van der Waals surface area (Å²) in [7, 11) is 0. The van der Waals surface area contributed by atoms with Crippen molar-refractivity contribution >= 4 is 23.4 Å². The number of carbonyl (C=O) groups excluding carboxylic acids is 2. The molecule has 0 atom stereocenters. The number of carbonyl (C=O) groups is 2. The molecule has 1 aliphatic rings. The third kappa shape index (κ3) is 5.45. The lowest BCUT2D eigenvalue weighted by atomic mass is 9.93. The van der Waals surface area contributed by atoms with Crippen molar-refractivity contribution in [3.8, 4) is 0 Å². The molecule has 1 saturated carbocycles. The highest BCUT2D eigenvalue weighted by Gasteiger charge is 2.28. The molecule has 6 heteroatoms. The van der Waals surface area contributed by atoms with Crippen molar-refractivity contribution in [2.45, 2.75) is 71.4 Å². The second-order valence-electron chi connectivity index (χ2n) is 9.14. The average molecular weight is 431 g/mol. The Hall–Kier alpha value is -2.27. The first-order chi connectivity index (χ1) is 14.1. The molecule has 0 saturated heterocycles. The molecule has 0 bridgehead atoms. The van der Waals surface area contributed by atoms with Crippen molar-refractivity contribution in [1.29, 1.82) is 0 Å². The van der Waals surface area contributed by atoms with Crippen molar-refractivity contribution in [2.75, 3.05) is 6.54 Å². The van der Waals surface area contributed by atoms with E-state index in [4.69, 9.17) is 16.0 Å². The second-order valence-corrected chi connectivity index (χ2v) is 9.58. The normalized spacial score (nSPS) is 14.7. The van der Waals surface area contributed by atoms with Crippen LogP contribution in [-0.2, 0) is 16.8 Å². The molecule has 1 N–H and O–H groups in total. The van der Waals surface area contributed by atoms with Gasteiger partial charge in [0, 0.05) is 28.6 Å². The summed E-state index contributed by atoms with van der Waals surface area (Å²) >= 11 is 5.99. The predicted molar refractivity (Wildman–Crippen MR) is 119 cm³/mol. The Balaban J connectivity index is 1.67. The molecule has 2 amide bonds. The van der Waals surface area contributed by atoms with Gasteiger partial charge in [0.1, 0.15) is 5.76 Å². The Morgan fingerprint density at radius 1 is 1.17 bits per heavy atom. The number of amides is 2. The molecular weight excluding hydrogens is 400 g/mol. The number of nitrogens with one attached hydrogen (secondary N) is 1. The SMILES string of the molecule is Cc1cc(C(C)(C)C)oc1C(=O)NCC(=O)N(Cc1ccc(Cl)cc1)C1CCCC1. The molecule has 3 rings (SSSR count). The van der Waals surface area contributed by atoms with E-state index in [1.807, 2.05) is 62.9 Å². The monoisotopic (exact) mass is 430 g/mol. The van der Waals surface area contributed by atoms with Crippen LogP contribution in [0.2, 0.25) is 5.02 Å². The largest absolute Gasteiger partial charge is 0.455 e. The second kappa shape index (κ2) is 9.25. The zero-order chi connectivity index (χ0) is 21.9. The van der Waals surface area contributed by atoms with Crippen LogP contribution in [0.15, 0.2) is 34.7 Å². The molecule has 1 aromatic heterocycles. The zero-order valence-corrected chi connectivity index (χ0v) is 19.0. The van der Waals surface area contributed by atoms with Crippen LogP contribution in [0.3, 0.4) is 0 Å². The van der Waals surface area contributed by atoms with Crippen LogP contribution in [0, 0.1) is 6.92 Å². The lowest BCUT2D eigenvalue weighted by Crippen LogP contribution is -2.44. The first kappa shape index (κ1) is 22.4. The van der Waals surface area contributed by atoms with E-state index in [1.165, 1.54) is 0 Å². The zero-order valence-electron chi connectivity index (χ0n) is 18.3. The molecular formula is C24H31ClN2O3. The predicted octanol–water partition coefficient (Wildman–Crippen LogP) is 5.24. The van der Waals surface area contributed by atoms with Crippen molar-refractivity contribution in [3.63, 3.8) is 0 Å². The number of hydrogen-bond acceptors (Lipinski definition) is 3. The molecule has 1 aliphatic carbocycles. The van der Waals surface area contributed by atoms with Crippen molar-refractivity contribution in [2.24, 2.45) is 0 Å². The number of nitrogens with zero attached hydrogens (tertiary/aromatic N) is 1. The molecule has 2 aromatic rings. The van der Waals surface area contributed by atoms with Gasteiger partial charge >= 0.3 is 0 Å². The van der Waals surface area contributed by atoms with E-state index in [9.17, 15) is 9.59 Å². The summed E-state index contributed by atoms with van der Waals surface area (Å²) in [5.74, 6) is 0.601. The van der Waals surface area contributed by atoms with Gasteiger partial charge in [-0.1, -0.05) is 57.3 Å². The number of aryl methyl sites for hydroxylation is 1. The number of rotatable bonds is 6. The minimum Gasteiger partial charge on any atom is -0.455 e. The molecule has 0 spiro atoms. The third-order valence-electron chi connectivity index (χ3n) is 5.62. The fourth-order valence-electron chi connectivity index (χ4n) is 3.84. The molecule has 1 heterocycles. The fourth-order valence-corrected chi connectivity index (χ4v) is 3.96. The van der Waals surface area contributed by atoms with Crippen molar-refractivity contribution in [3.05, 3.63) is 58.0 Å². The molecule has 0 aliphatic heterocycles. The molecule has 0 unspecified atom stereocenters. The van der Waals surface area contributed by atoms with Crippen LogP contribution in [0.4, 0.5) is 0 Å². The summed E-state index contributed by atoms with van der Waals surface area (Å²) in [5.41, 5.74) is 1.62. The maximum atomic E-state index is 13.0. The van der Waals surface area contributed by atoms with Gasteiger partial charge in [-0.15, -0.1) is 0 Å². The average Bonchev–Trinajstić information content (AvgIpc) is 3.35. The van der Waals surface area contributed by atoms with Gasteiger partial charge in [0.2, 0.25) is 5.91 Å². The molecule has 0 radical (unpaired) electrons. The molecule has 1 aromatic carbocycles. The van der Waals surface area contributed by atoms with E-state index in [0.717, 1.165) is 42.6 Å². The summed E-state index contributed by atoms with van der Waals surface area (Å²) in [6.07, 6.45) is 4.25. The first-order valence-electron chi connectivity index (χ1n) is 10.6. The fraction of sp³-hybridized carbons (Fsp3) is 0.500. The van der Waals surface area contributed by atoms with Gasteiger partial charge in [-0.2, -0.15) is 0 Å². The lowest BCUT2D eigenvalue weighted by molar-refractivity contribution is -0.133. The van der Waals surface area contributed by atoms with Crippen LogP contribution >= 0.6 is 11.6 Å². The highest BCUT2D eigenvalue weighted by Crippen LogP contribution is 2.27. The smallest absolute Gasteiger partial charge is 0.287 e. The van der Waals surface area contributed by atoms with Gasteiger partial charge in [0.05, 0.1) is 6.54 Å². The standard InChI is InChI=1S/C24H31ClN2O3/c1-16-13-20(24(2,3)4)30-22(16)23(29)26-14-21(28)27(19-7-5-6-8-19)15-17-9-11-18(25)12-10-17/h9-13,19H,5-8,14-15H2,1-4H3,(H,26,29). The Morgan fingerprint density at radius 2 is 1.80 bits per heavy atom. The third-order valence-corrected chi connectivity index (χ3v) is 5.87. The molecule has 30 heavy (non-hydrogen) atoms. The van der Waals surface area contributed by atoms with Gasteiger partial charge < -0.3 is 14.6 Å². The van der Waals surface area contributed by atoms with Gasteiger partial charge in [-0.05, 0) is 43.5 Å². The number of halogens is 1. The van der Waals surface area contributed by atoms with E-state index >= 15 is 0 Å². The molecule has 5 nitrogen and oxygen atoms in total. The highest BCUT2D eigenvalue weighted by molar-refractivity contribution is 6.30. The van der Waals surface area contributed by atoms with Crippen LogP contribution in [0.1, 0.15) is 73.9 Å². The van der Waals surface area contributed by atoms with Crippen molar-refractivity contribution < 1.29 is 14.0 Å². The minimum absolute atomic E-state index is 0.0477. The van der Waals surface area contributed by atoms with E-state index in [1.54, 1.807) is 0 Å². The quantitative estimate of drug-likeness (QED) is 0.681. The minimum atomic E-state index is -0.353. The summed E-state index contributed by atoms with van der Waals surface area (Å²) in [4.78, 5) is 27.6. The van der Waals surface area contributed by atoms with Crippen LogP contribution < -0.4 is 5.32 Å². The van der Waals surface area contributed by atoms with Crippen LogP contribution in [0.25, 0.3) is 0 Å². The van der Waals surface area contributed by atoms with E-state index in [0.29, 0.717) is 11.6 Å². The number of benzene rings is 1. The van der Waals surface area contributed by atoms with Gasteiger partial charge in [0.25, 0.3) is 5.91 Å². The summed E-state index contributed by atoms with van der Waals surface area (Å²) in [6, 6.07) is 9.66. The van der Waals surface area contributed by atoms with Crippen molar-refractivity contribution in [1.82, 2.24) is 10.2 Å². The Bertz CT molecular complexity index is 890.